The van der Waals surface area contributed by atoms with Crippen LogP contribution in [0.3, 0.4) is 0 Å². The van der Waals surface area contributed by atoms with Crippen LogP contribution in [-0.2, 0) is 0 Å². The predicted molar refractivity (Wildman–Crippen MR) is 105 cm³/mol. The van der Waals surface area contributed by atoms with E-state index in [1.807, 2.05) is 6.07 Å². The summed E-state index contributed by atoms with van der Waals surface area (Å²) < 4.78 is 0. The van der Waals surface area contributed by atoms with Gasteiger partial charge in [-0.15, -0.1) is 11.8 Å². The van der Waals surface area contributed by atoms with E-state index in [1.54, 1.807) is 11.8 Å². The summed E-state index contributed by atoms with van der Waals surface area (Å²) in [4.78, 5) is 0.672. The van der Waals surface area contributed by atoms with Gasteiger partial charge in [-0.25, -0.2) is 0 Å². The van der Waals surface area contributed by atoms with Crippen LogP contribution in [0, 0.1) is 11.3 Å². The lowest BCUT2D eigenvalue weighted by molar-refractivity contribution is 0.586. The summed E-state index contributed by atoms with van der Waals surface area (Å²) in [5.41, 5.74) is 0.139. The van der Waals surface area contributed by atoms with E-state index < -0.39 is 0 Å². The van der Waals surface area contributed by atoms with Crippen molar-refractivity contribution >= 4 is 58.2 Å². The largest absolute Gasteiger partial charge is 0.192 e. The van der Waals surface area contributed by atoms with Gasteiger partial charge in [-0.3, -0.25) is 0 Å². The molecule has 128 valence electrons. The van der Waals surface area contributed by atoms with Crippen molar-refractivity contribution in [3.05, 3.63) is 25.7 Å². The monoisotopic (exact) mass is 411 g/mol. The number of nitriles is 1. The maximum Gasteiger partial charge on any atom is 0.102 e. The molecule has 0 N–H and O–H groups in total. The van der Waals surface area contributed by atoms with Gasteiger partial charge >= 0.3 is 0 Å². The average molecular weight is 413 g/mol. The zero-order valence-electron chi connectivity index (χ0n) is 13.2. The highest BCUT2D eigenvalue weighted by Gasteiger charge is 2.20. The van der Waals surface area contributed by atoms with Gasteiger partial charge in [0.1, 0.15) is 6.07 Å². The van der Waals surface area contributed by atoms with Crippen molar-refractivity contribution in [2.75, 3.05) is 5.75 Å². The smallest absolute Gasteiger partial charge is 0.102 e. The Labute approximate surface area is 163 Å². The third-order valence-corrected chi connectivity index (χ3v) is 6.70. The van der Waals surface area contributed by atoms with Crippen LogP contribution in [0.2, 0.25) is 20.1 Å². The van der Waals surface area contributed by atoms with Crippen LogP contribution in [0.25, 0.3) is 0 Å². The molecule has 0 aromatic heterocycles. The van der Waals surface area contributed by atoms with Crippen molar-refractivity contribution in [3.8, 4) is 6.07 Å². The van der Waals surface area contributed by atoms with Gasteiger partial charge in [0.2, 0.25) is 0 Å². The number of hydrogen-bond donors (Lipinski definition) is 0. The molecular formula is C17H21Cl4NS. The van der Waals surface area contributed by atoms with E-state index in [0.29, 0.717) is 14.9 Å². The van der Waals surface area contributed by atoms with Crippen LogP contribution in [0.4, 0.5) is 0 Å². The van der Waals surface area contributed by atoms with E-state index >= 15 is 0 Å². The Morgan fingerprint density at radius 3 is 1.74 bits per heavy atom. The molecule has 0 aliphatic heterocycles. The summed E-state index contributed by atoms with van der Waals surface area (Å²) >= 11 is 26.2. The van der Waals surface area contributed by atoms with Crippen molar-refractivity contribution in [2.45, 2.75) is 63.2 Å². The average Bonchev–Trinajstić information content (AvgIpc) is 2.55. The SMILES string of the molecule is CCCCCCCCCCSc1c(Cl)c(Cl)c(C#N)c(Cl)c1Cl. The predicted octanol–water partition coefficient (Wildman–Crippen LogP) is 8.40. The Hall–Kier alpha value is 0.220. The number of hydrogen-bond acceptors (Lipinski definition) is 2. The second kappa shape index (κ2) is 11.7. The molecule has 0 saturated carbocycles. The number of halogens is 4. The molecule has 0 unspecified atom stereocenters. The first-order valence-electron chi connectivity index (χ1n) is 7.93. The molecule has 1 aromatic carbocycles. The van der Waals surface area contributed by atoms with E-state index in [9.17, 15) is 0 Å². The zero-order chi connectivity index (χ0) is 17.2. The molecule has 0 saturated heterocycles. The Morgan fingerprint density at radius 2 is 1.26 bits per heavy atom. The number of rotatable bonds is 10. The summed E-state index contributed by atoms with van der Waals surface area (Å²) in [6.45, 7) is 2.23. The van der Waals surface area contributed by atoms with Gasteiger partial charge in [-0.2, -0.15) is 5.26 Å². The fraction of sp³-hybridized carbons (Fsp3) is 0.588. The van der Waals surface area contributed by atoms with Gasteiger partial charge in [0.15, 0.2) is 0 Å². The van der Waals surface area contributed by atoms with Crippen LogP contribution in [0.15, 0.2) is 4.90 Å². The first-order chi connectivity index (χ1) is 11.0. The summed E-state index contributed by atoms with van der Waals surface area (Å²) in [6, 6.07) is 1.94. The Morgan fingerprint density at radius 1 is 0.783 bits per heavy atom. The Kier molecular flexibility index (Phi) is 10.8. The number of unbranched alkanes of at least 4 members (excludes halogenated alkanes) is 7. The van der Waals surface area contributed by atoms with Crippen molar-refractivity contribution < 1.29 is 0 Å². The highest BCUT2D eigenvalue weighted by molar-refractivity contribution is 7.99. The molecular weight excluding hydrogens is 392 g/mol. The zero-order valence-corrected chi connectivity index (χ0v) is 17.1. The fourth-order valence-corrected chi connectivity index (χ4v) is 4.63. The minimum absolute atomic E-state index is 0.139. The summed E-state index contributed by atoms with van der Waals surface area (Å²) in [5, 5.41) is 10.1. The molecule has 0 amide bonds. The fourth-order valence-electron chi connectivity index (χ4n) is 2.25. The highest BCUT2D eigenvalue weighted by atomic mass is 35.5. The topological polar surface area (TPSA) is 23.8 Å². The molecule has 0 fully saturated rings. The number of thioether (sulfide) groups is 1. The lowest BCUT2D eigenvalue weighted by Crippen LogP contribution is -1.90. The molecule has 0 aliphatic rings. The quantitative estimate of drug-likeness (QED) is 0.218. The van der Waals surface area contributed by atoms with Crippen molar-refractivity contribution in [3.63, 3.8) is 0 Å². The van der Waals surface area contributed by atoms with E-state index in [1.165, 1.54) is 44.9 Å². The molecule has 0 radical (unpaired) electrons. The lowest BCUT2D eigenvalue weighted by Gasteiger charge is -2.11. The first kappa shape index (κ1) is 21.3. The molecule has 6 heteroatoms. The second-order valence-corrected chi connectivity index (χ2v) is 8.01. The molecule has 1 aromatic rings. The molecule has 1 rings (SSSR count). The highest BCUT2D eigenvalue weighted by Crippen LogP contribution is 2.45. The van der Waals surface area contributed by atoms with Gasteiger partial charge in [0, 0.05) is 4.90 Å². The first-order valence-corrected chi connectivity index (χ1v) is 10.4. The van der Waals surface area contributed by atoms with Gasteiger partial charge in [-0.05, 0) is 12.2 Å². The van der Waals surface area contributed by atoms with E-state index in [4.69, 9.17) is 51.7 Å². The Balaban J connectivity index is 2.43. The third kappa shape index (κ3) is 6.56. The van der Waals surface area contributed by atoms with Crippen LogP contribution < -0.4 is 0 Å². The molecule has 0 bridgehead atoms. The van der Waals surface area contributed by atoms with Crippen molar-refractivity contribution in [1.82, 2.24) is 0 Å². The second-order valence-electron chi connectivity index (χ2n) is 5.40. The Bertz CT molecular complexity index is 525. The van der Waals surface area contributed by atoms with E-state index in [-0.39, 0.29) is 15.6 Å². The standard InChI is InChI=1S/C17H21Cl4NS/c1-2-3-4-5-6-7-8-9-10-23-17-15(20)13(18)12(11-22)14(19)16(17)21/h2-10H2,1H3. The molecule has 0 aliphatic carbocycles. The van der Waals surface area contributed by atoms with Gasteiger partial charge < -0.3 is 0 Å². The maximum absolute atomic E-state index is 9.05. The lowest BCUT2D eigenvalue weighted by atomic mass is 10.1. The summed E-state index contributed by atoms with van der Waals surface area (Å²) in [5.74, 6) is 0.910. The third-order valence-electron chi connectivity index (χ3n) is 3.58. The van der Waals surface area contributed by atoms with Gasteiger partial charge in [-0.1, -0.05) is 98.3 Å². The molecule has 0 atom stereocenters. The van der Waals surface area contributed by atoms with Crippen LogP contribution in [-0.4, -0.2) is 5.75 Å². The van der Waals surface area contributed by atoms with Crippen LogP contribution >= 0.6 is 58.2 Å². The maximum atomic E-state index is 9.05. The minimum Gasteiger partial charge on any atom is -0.192 e. The van der Waals surface area contributed by atoms with Crippen molar-refractivity contribution in [2.24, 2.45) is 0 Å². The molecule has 23 heavy (non-hydrogen) atoms. The number of benzene rings is 1. The molecule has 0 heterocycles. The van der Waals surface area contributed by atoms with Gasteiger partial charge in [0.25, 0.3) is 0 Å². The molecule has 1 nitrogen and oxygen atoms in total. The van der Waals surface area contributed by atoms with E-state index in [2.05, 4.69) is 6.92 Å². The van der Waals surface area contributed by atoms with Crippen molar-refractivity contribution in [1.29, 1.82) is 5.26 Å². The van der Waals surface area contributed by atoms with Crippen LogP contribution in [0.5, 0.6) is 0 Å². The normalized spacial score (nSPS) is 10.8. The summed E-state index contributed by atoms with van der Waals surface area (Å²) in [7, 11) is 0. The number of nitrogens with zero attached hydrogens (tertiary/aromatic N) is 1. The minimum atomic E-state index is 0.139. The summed E-state index contributed by atoms with van der Waals surface area (Å²) in [6.07, 6.45) is 10.2. The van der Waals surface area contributed by atoms with Gasteiger partial charge in [0.05, 0.1) is 25.7 Å². The van der Waals surface area contributed by atoms with E-state index in [0.717, 1.165) is 12.2 Å². The van der Waals surface area contributed by atoms with Crippen LogP contribution in [0.1, 0.15) is 63.9 Å². The molecule has 0 spiro atoms.